The van der Waals surface area contributed by atoms with Gasteiger partial charge in [0, 0.05) is 37.1 Å². The van der Waals surface area contributed by atoms with Gasteiger partial charge in [-0.2, -0.15) is 4.98 Å². The van der Waals surface area contributed by atoms with Crippen LogP contribution in [0.25, 0.3) is 10.9 Å². The van der Waals surface area contributed by atoms with Gasteiger partial charge in [-0.15, -0.1) is 0 Å². The quantitative estimate of drug-likeness (QED) is 0.860. The van der Waals surface area contributed by atoms with Gasteiger partial charge in [0.05, 0.1) is 19.7 Å². The van der Waals surface area contributed by atoms with Crippen LogP contribution in [-0.2, 0) is 0 Å². The van der Waals surface area contributed by atoms with Crippen molar-refractivity contribution in [3.05, 3.63) is 12.1 Å². The molecule has 2 fully saturated rings. The highest BCUT2D eigenvalue weighted by molar-refractivity contribution is 5.93. The normalized spacial score (nSPS) is 20.2. The van der Waals surface area contributed by atoms with E-state index in [1.165, 1.54) is 12.8 Å². The SMILES string of the molecule is COc1cc2nc(N3CCCC3)nc(N[C@H]3CCNC3)c2cc1OC. The molecule has 1 aromatic carbocycles. The number of hydrogen-bond acceptors (Lipinski definition) is 7. The molecule has 0 radical (unpaired) electrons. The van der Waals surface area contributed by atoms with Gasteiger partial charge >= 0.3 is 0 Å². The molecule has 0 amide bonds. The van der Waals surface area contributed by atoms with Gasteiger partial charge in [-0.25, -0.2) is 4.98 Å². The summed E-state index contributed by atoms with van der Waals surface area (Å²) in [5.74, 6) is 3.06. The van der Waals surface area contributed by atoms with Crippen LogP contribution in [0.2, 0.25) is 0 Å². The molecule has 0 saturated carbocycles. The third-order valence-electron chi connectivity index (χ3n) is 4.98. The van der Waals surface area contributed by atoms with E-state index in [0.29, 0.717) is 17.5 Å². The molecule has 1 aromatic heterocycles. The number of aromatic nitrogens is 2. The first-order chi connectivity index (χ1) is 12.3. The minimum atomic E-state index is 0.387. The molecule has 3 heterocycles. The monoisotopic (exact) mass is 343 g/mol. The van der Waals surface area contributed by atoms with E-state index in [1.807, 2.05) is 12.1 Å². The van der Waals surface area contributed by atoms with Crippen molar-refractivity contribution in [3.8, 4) is 11.5 Å². The number of fused-ring (bicyclic) bond motifs is 1. The topological polar surface area (TPSA) is 71.5 Å². The Morgan fingerprint density at radius 3 is 2.56 bits per heavy atom. The van der Waals surface area contributed by atoms with Gasteiger partial charge in [0.2, 0.25) is 5.95 Å². The predicted octanol–water partition coefficient (Wildman–Crippen LogP) is 2.02. The van der Waals surface area contributed by atoms with Gasteiger partial charge in [-0.3, -0.25) is 0 Å². The maximum absolute atomic E-state index is 5.47. The average molecular weight is 343 g/mol. The number of benzene rings is 1. The molecule has 2 saturated heterocycles. The van der Waals surface area contributed by atoms with E-state index >= 15 is 0 Å². The number of anilines is 2. The number of methoxy groups -OCH3 is 2. The Labute approximate surface area is 147 Å². The van der Waals surface area contributed by atoms with Crippen molar-refractivity contribution in [2.75, 3.05) is 50.6 Å². The molecule has 25 heavy (non-hydrogen) atoms. The first-order valence-electron chi connectivity index (χ1n) is 8.94. The maximum atomic E-state index is 5.47. The molecule has 2 N–H and O–H groups in total. The molecule has 0 bridgehead atoms. The number of nitrogens with zero attached hydrogens (tertiary/aromatic N) is 3. The van der Waals surface area contributed by atoms with Crippen molar-refractivity contribution in [2.45, 2.75) is 25.3 Å². The lowest BCUT2D eigenvalue weighted by molar-refractivity contribution is 0.356. The number of ether oxygens (including phenoxy) is 2. The second kappa shape index (κ2) is 6.92. The van der Waals surface area contributed by atoms with Gasteiger partial charge in [-0.1, -0.05) is 0 Å². The number of hydrogen-bond donors (Lipinski definition) is 2. The average Bonchev–Trinajstić information content (AvgIpc) is 3.34. The van der Waals surface area contributed by atoms with Crippen molar-refractivity contribution in [1.82, 2.24) is 15.3 Å². The highest BCUT2D eigenvalue weighted by atomic mass is 16.5. The van der Waals surface area contributed by atoms with Crippen molar-refractivity contribution in [3.63, 3.8) is 0 Å². The summed E-state index contributed by atoms with van der Waals surface area (Å²) < 4.78 is 10.9. The van der Waals surface area contributed by atoms with Crippen LogP contribution >= 0.6 is 0 Å². The molecule has 1 atom stereocenters. The van der Waals surface area contributed by atoms with Gasteiger partial charge in [-0.05, 0) is 31.9 Å². The Balaban J connectivity index is 1.81. The fourth-order valence-corrected chi connectivity index (χ4v) is 3.58. The van der Waals surface area contributed by atoms with Crippen LogP contribution in [0.15, 0.2) is 12.1 Å². The first-order valence-corrected chi connectivity index (χ1v) is 8.94. The standard InChI is InChI=1S/C18H25N5O2/c1-24-15-9-13-14(10-16(15)25-2)21-18(23-7-3-4-8-23)22-17(13)20-12-5-6-19-11-12/h9-10,12,19H,3-8,11H2,1-2H3,(H,20,21,22)/t12-/m0/s1. The number of nitrogens with one attached hydrogen (secondary N) is 2. The summed E-state index contributed by atoms with van der Waals surface area (Å²) in [6.07, 6.45) is 3.49. The fraction of sp³-hybridized carbons (Fsp3) is 0.556. The Morgan fingerprint density at radius 2 is 1.88 bits per heavy atom. The third kappa shape index (κ3) is 3.16. The van der Waals surface area contributed by atoms with E-state index in [0.717, 1.165) is 55.3 Å². The van der Waals surface area contributed by atoms with Gasteiger partial charge in [0.1, 0.15) is 5.82 Å². The summed E-state index contributed by atoms with van der Waals surface area (Å²) in [6.45, 7) is 4.03. The van der Waals surface area contributed by atoms with Crippen LogP contribution in [0.5, 0.6) is 11.5 Å². The molecule has 2 aliphatic rings. The second-order valence-corrected chi connectivity index (χ2v) is 6.62. The van der Waals surface area contributed by atoms with Gasteiger partial charge in [0.25, 0.3) is 0 Å². The highest BCUT2D eigenvalue weighted by Crippen LogP contribution is 2.35. The van der Waals surface area contributed by atoms with Crippen LogP contribution < -0.4 is 25.0 Å². The van der Waals surface area contributed by atoms with Crippen molar-refractivity contribution >= 4 is 22.7 Å². The zero-order valence-corrected chi connectivity index (χ0v) is 14.8. The summed E-state index contributed by atoms with van der Waals surface area (Å²) in [5.41, 5.74) is 0.878. The van der Waals surface area contributed by atoms with Crippen LogP contribution in [-0.4, -0.2) is 56.4 Å². The van der Waals surface area contributed by atoms with E-state index in [9.17, 15) is 0 Å². The third-order valence-corrected chi connectivity index (χ3v) is 4.98. The zero-order valence-electron chi connectivity index (χ0n) is 14.8. The molecule has 2 aliphatic heterocycles. The smallest absolute Gasteiger partial charge is 0.227 e. The largest absolute Gasteiger partial charge is 0.493 e. The molecular formula is C18H25N5O2. The summed E-state index contributed by atoms with van der Waals surface area (Å²) >= 11 is 0. The Bertz CT molecular complexity index is 755. The van der Waals surface area contributed by atoms with Gasteiger partial charge in [0.15, 0.2) is 11.5 Å². The minimum Gasteiger partial charge on any atom is -0.493 e. The molecule has 2 aromatic rings. The highest BCUT2D eigenvalue weighted by Gasteiger charge is 2.21. The zero-order chi connectivity index (χ0) is 17.2. The Kier molecular flexibility index (Phi) is 4.48. The van der Waals surface area contributed by atoms with Crippen molar-refractivity contribution in [2.24, 2.45) is 0 Å². The summed E-state index contributed by atoms with van der Waals surface area (Å²) in [4.78, 5) is 11.9. The van der Waals surface area contributed by atoms with Gasteiger partial charge < -0.3 is 25.0 Å². The molecule has 0 unspecified atom stereocenters. The Morgan fingerprint density at radius 1 is 1.12 bits per heavy atom. The first kappa shape index (κ1) is 16.2. The molecular weight excluding hydrogens is 318 g/mol. The summed E-state index contributed by atoms with van der Waals surface area (Å²) in [6, 6.07) is 4.29. The lowest BCUT2D eigenvalue weighted by Gasteiger charge is -2.20. The molecule has 4 rings (SSSR count). The van der Waals surface area contributed by atoms with Crippen LogP contribution in [0, 0.1) is 0 Å². The molecule has 134 valence electrons. The molecule has 0 spiro atoms. The Hall–Kier alpha value is -2.28. The van der Waals surface area contributed by atoms with E-state index in [-0.39, 0.29) is 0 Å². The van der Waals surface area contributed by atoms with Crippen LogP contribution in [0.4, 0.5) is 11.8 Å². The summed E-state index contributed by atoms with van der Waals surface area (Å²) in [5, 5.41) is 7.96. The molecule has 0 aliphatic carbocycles. The van der Waals surface area contributed by atoms with Crippen molar-refractivity contribution in [1.29, 1.82) is 0 Å². The molecule has 7 nitrogen and oxygen atoms in total. The van der Waals surface area contributed by atoms with E-state index < -0.39 is 0 Å². The lowest BCUT2D eigenvalue weighted by Crippen LogP contribution is -2.25. The fourth-order valence-electron chi connectivity index (χ4n) is 3.58. The molecule has 7 heteroatoms. The minimum absolute atomic E-state index is 0.387. The summed E-state index contributed by atoms with van der Waals surface area (Å²) in [7, 11) is 3.30. The van der Waals surface area contributed by atoms with Crippen molar-refractivity contribution < 1.29 is 9.47 Å². The predicted molar refractivity (Wildman–Crippen MR) is 99.0 cm³/mol. The number of rotatable bonds is 5. The van der Waals surface area contributed by atoms with E-state index in [1.54, 1.807) is 14.2 Å². The maximum Gasteiger partial charge on any atom is 0.227 e. The van der Waals surface area contributed by atoms with Crippen LogP contribution in [0.1, 0.15) is 19.3 Å². The van der Waals surface area contributed by atoms with Crippen LogP contribution in [0.3, 0.4) is 0 Å². The van der Waals surface area contributed by atoms with E-state index in [4.69, 9.17) is 19.4 Å². The van der Waals surface area contributed by atoms with E-state index in [2.05, 4.69) is 15.5 Å². The lowest BCUT2D eigenvalue weighted by atomic mass is 10.2. The second-order valence-electron chi connectivity index (χ2n) is 6.62.